The van der Waals surface area contributed by atoms with E-state index in [2.05, 4.69) is 25.2 Å². The van der Waals surface area contributed by atoms with Gasteiger partial charge in [0.1, 0.15) is 11.4 Å². The van der Waals surface area contributed by atoms with Crippen molar-refractivity contribution in [3.63, 3.8) is 0 Å². The summed E-state index contributed by atoms with van der Waals surface area (Å²) in [7, 11) is 0. The van der Waals surface area contributed by atoms with Gasteiger partial charge in [-0.15, -0.1) is 0 Å². The van der Waals surface area contributed by atoms with Crippen molar-refractivity contribution in [1.82, 2.24) is 5.32 Å². The lowest BCUT2D eigenvalue weighted by Crippen LogP contribution is -2.46. The minimum Gasteiger partial charge on any atom is -0.486 e. The number of rotatable bonds is 6. The zero-order valence-electron chi connectivity index (χ0n) is 12.1. The quantitative estimate of drug-likeness (QED) is 0.838. The summed E-state index contributed by atoms with van der Waals surface area (Å²) in [6, 6.07) is 6.54. The van der Waals surface area contributed by atoms with E-state index in [0.29, 0.717) is 6.04 Å². The summed E-state index contributed by atoms with van der Waals surface area (Å²) in [5.41, 5.74) is 1.17. The molecule has 0 bridgehead atoms. The minimum atomic E-state index is 0.000782. The van der Waals surface area contributed by atoms with Gasteiger partial charge >= 0.3 is 0 Å². The average Bonchev–Trinajstić information content (AvgIpc) is 2.28. The first-order valence-electron chi connectivity index (χ1n) is 7.19. The monoisotopic (exact) mass is 281 g/mol. The van der Waals surface area contributed by atoms with Crippen LogP contribution in [0.25, 0.3) is 0 Å². The Morgan fingerprint density at radius 2 is 2.11 bits per heavy atom. The van der Waals surface area contributed by atoms with Crippen molar-refractivity contribution in [2.24, 2.45) is 0 Å². The number of ether oxygens (including phenoxy) is 1. The van der Waals surface area contributed by atoms with Crippen molar-refractivity contribution >= 4 is 11.6 Å². The van der Waals surface area contributed by atoms with E-state index in [-0.39, 0.29) is 5.60 Å². The number of hydrogen-bond acceptors (Lipinski definition) is 2. The molecular formula is C16H24ClNO. The molecule has 1 aromatic carbocycles. The fourth-order valence-corrected chi connectivity index (χ4v) is 2.76. The molecule has 0 unspecified atom stereocenters. The maximum Gasteiger partial charge on any atom is 0.138 e. The zero-order chi connectivity index (χ0) is 13.9. The van der Waals surface area contributed by atoms with Gasteiger partial charge in [-0.1, -0.05) is 31.5 Å². The van der Waals surface area contributed by atoms with E-state index in [9.17, 15) is 0 Å². The van der Waals surface area contributed by atoms with Gasteiger partial charge in [0.15, 0.2) is 0 Å². The standard InChI is InChI=1S/C16H24ClNO/c1-12(2)18-10-9-16(7-4-8-16)19-15-6-5-13(3)11-14(15)17/h5-6,11-12,18H,4,7-10H2,1-3H3. The highest BCUT2D eigenvalue weighted by Crippen LogP contribution is 2.41. The molecule has 0 amide bonds. The topological polar surface area (TPSA) is 21.3 Å². The molecule has 19 heavy (non-hydrogen) atoms. The number of halogens is 1. The van der Waals surface area contributed by atoms with Crippen molar-refractivity contribution in [3.05, 3.63) is 28.8 Å². The largest absolute Gasteiger partial charge is 0.486 e. The van der Waals surface area contributed by atoms with Crippen LogP contribution in [0.5, 0.6) is 5.75 Å². The molecule has 106 valence electrons. The molecule has 1 aliphatic carbocycles. The van der Waals surface area contributed by atoms with Gasteiger partial charge in [-0.3, -0.25) is 0 Å². The molecule has 0 atom stereocenters. The van der Waals surface area contributed by atoms with E-state index >= 15 is 0 Å². The van der Waals surface area contributed by atoms with Gasteiger partial charge in [0.2, 0.25) is 0 Å². The van der Waals surface area contributed by atoms with E-state index in [1.165, 1.54) is 12.0 Å². The Morgan fingerprint density at radius 1 is 1.37 bits per heavy atom. The van der Waals surface area contributed by atoms with Crippen molar-refractivity contribution in [3.8, 4) is 5.75 Å². The molecule has 0 radical (unpaired) electrons. The lowest BCUT2D eigenvalue weighted by Gasteiger charge is -2.42. The molecule has 1 aliphatic rings. The van der Waals surface area contributed by atoms with Crippen LogP contribution in [0.1, 0.15) is 45.1 Å². The second-order valence-corrected chi connectivity index (χ2v) is 6.34. The summed E-state index contributed by atoms with van der Waals surface area (Å²) in [5.74, 6) is 0.830. The van der Waals surface area contributed by atoms with Gasteiger partial charge in [0, 0.05) is 6.04 Å². The highest BCUT2D eigenvalue weighted by Gasteiger charge is 2.39. The Labute approximate surface area is 121 Å². The highest BCUT2D eigenvalue weighted by atomic mass is 35.5. The second kappa shape index (κ2) is 6.15. The van der Waals surface area contributed by atoms with E-state index < -0.39 is 0 Å². The van der Waals surface area contributed by atoms with Crippen LogP contribution in [-0.4, -0.2) is 18.2 Å². The first kappa shape index (κ1) is 14.7. The summed E-state index contributed by atoms with van der Waals surface area (Å²) in [4.78, 5) is 0. The van der Waals surface area contributed by atoms with Gasteiger partial charge in [-0.05, 0) is 56.8 Å². The smallest absolute Gasteiger partial charge is 0.138 e. The molecule has 2 rings (SSSR count). The van der Waals surface area contributed by atoms with Gasteiger partial charge in [-0.25, -0.2) is 0 Å². The summed E-state index contributed by atoms with van der Waals surface area (Å²) < 4.78 is 6.23. The molecule has 2 nitrogen and oxygen atoms in total. The Bertz CT molecular complexity index is 427. The third-order valence-corrected chi connectivity index (χ3v) is 4.11. The molecule has 0 heterocycles. The van der Waals surface area contributed by atoms with Crippen molar-refractivity contribution in [1.29, 1.82) is 0 Å². The Hall–Kier alpha value is -0.730. The van der Waals surface area contributed by atoms with E-state index in [1.807, 2.05) is 19.1 Å². The van der Waals surface area contributed by atoms with Crippen molar-refractivity contribution in [2.45, 2.75) is 58.1 Å². The van der Waals surface area contributed by atoms with E-state index in [4.69, 9.17) is 16.3 Å². The molecule has 0 saturated heterocycles. The predicted octanol–water partition coefficient (Wildman–Crippen LogP) is 4.34. The molecule has 1 aromatic rings. The van der Waals surface area contributed by atoms with Crippen molar-refractivity contribution in [2.75, 3.05) is 6.54 Å². The Kier molecular flexibility index (Phi) is 4.75. The maximum absolute atomic E-state index is 6.26. The second-order valence-electron chi connectivity index (χ2n) is 5.93. The zero-order valence-corrected chi connectivity index (χ0v) is 12.9. The lowest BCUT2D eigenvalue weighted by atomic mass is 9.77. The fourth-order valence-electron chi connectivity index (χ4n) is 2.48. The highest BCUT2D eigenvalue weighted by molar-refractivity contribution is 6.32. The summed E-state index contributed by atoms with van der Waals surface area (Å²) in [6.07, 6.45) is 4.58. The van der Waals surface area contributed by atoms with Crippen LogP contribution < -0.4 is 10.1 Å². The van der Waals surface area contributed by atoms with Gasteiger partial charge in [0.05, 0.1) is 5.02 Å². The Balaban J connectivity index is 1.98. The summed E-state index contributed by atoms with van der Waals surface area (Å²) in [6.45, 7) is 7.39. The number of aryl methyl sites for hydroxylation is 1. The molecule has 0 aromatic heterocycles. The van der Waals surface area contributed by atoms with Gasteiger partial charge in [-0.2, -0.15) is 0 Å². The van der Waals surface area contributed by atoms with Crippen LogP contribution in [0.15, 0.2) is 18.2 Å². The molecule has 0 spiro atoms. The molecule has 0 aliphatic heterocycles. The van der Waals surface area contributed by atoms with Crippen LogP contribution in [0.2, 0.25) is 5.02 Å². The summed E-state index contributed by atoms with van der Waals surface area (Å²) >= 11 is 6.26. The first-order valence-corrected chi connectivity index (χ1v) is 7.57. The van der Waals surface area contributed by atoms with Crippen molar-refractivity contribution < 1.29 is 4.74 Å². The van der Waals surface area contributed by atoms with Crippen LogP contribution in [0, 0.1) is 6.92 Å². The number of hydrogen-bond donors (Lipinski definition) is 1. The molecule has 1 N–H and O–H groups in total. The molecule has 3 heteroatoms. The predicted molar refractivity (Wildman–Crippen MR) is 81.2 cm³/mol. The van der Waals surface area contributed by atoms with Crippen LogP contribution in [-0.2, 0) is 0 Å². The van der Waals surface area contributed by atoms with Crippen LogP contribution in [0.3, 0.4) is 0 Å². The van der Waals surface area contributed by atoms with Gasteiger partial charge < -0.3 is 10.1 Å². The summed E-state index contributed by atoms with van der Waals surface area (Å²) in [5, 5.41) is 4.19. The molecule has 1 fully saturated rings. The normalized spacial score (nSPS) is 17.3. The maximum atomic E-state index is 6.26. The van der Waals surface area contributed by atoms with Gasteiger partial charge in [0.25, 0.3) is 0 Å². The average molecular weight is 282 g/mol. The van der Waals surface area contributed by atoms with E-state index in [0.717, 1.165) is 36.6 Å². The number of benzene rings is 1. The minimum absolute atomic E-state index is 0.000782. The third-order valence-electron chi connectivity index (χ3n) is 3.81. The van der Waals surface area contributed by atoms with Crippen LogP contribution >= 0.6 is 11.6 Å². The SMILES string of the molecule is Cc1ccc(OC2(CCNC(C)C)CCC2)c(Cl)c1. The number of nitrogens with one attached hydrogen (secondary N) is 1. The molecule has 1 saturated carbocycles. The Morgan fingerprint density at radius 3 is 2.63 bits per heavy atom. The molecular weight excluding hydrogens is 258 g/mol. The van der Waals surface area contributed by atoms with E-state index in [1.54, 1.807) is 0 Å². The lowest BCUT2D eigenvalue weighted by molar-refractivity contribution is -0.0144. The first-order chi connectivity index (χ1) is 9.01. The fraction of sp³-hybridized carbons (Fsp3) is 0.625. The third kappa shape index (κ3) is 3.87. The van der Waals surface area contributed by atoms with Crippen LogP contribution in [0.4, 0.5) is 0 Å².